The molecule has 6 nitrogen and oxygen atoms in total. The fourth-order valence-corrected chi connectivity index (χ4v) is 2.19. The molecule has 0 radical (unpaired) electrons. The van der Waals surface area contributed by atoms with Gasteiger partial charge in [0.2, 0.25) is 0 Å². The minimum atomic E-state index is -4.66. The molecule has 0 fully saturated rings. The first-order chi connectivity index (χ1) is 9.35. The number of rotatable bonds is 4. The van der Waals surface area contributed by atoms with E-state index in [-0.39, 0.29) is 41.1 Å². The van der Waals surface area contributed by atoms with Crippen LogP contribution < -0.4 is 0 Å². The molecule has 2 rings (SSSR count). The fraction of sp³-hybridized carbons (Fsp3) is 0.0769. The van der Waals surface area contributed by atoms with Crippen LogP contribution in [-0.4, -0.2) is 52.7 Å². The maximum absolute atomic E-state index is 11.0. The van der Waals surface area contributed by atoms with Gasteiger partial charge in [0.15, 0.2) is 0 Å². The minimum absolute atomic E-state index is 0. The molecule has 0 bridgehead atoms. The Morgan fingerprint density at radius 2 is 1.14 bits per heavy atom. The first-order valence-electron chi connectivity index (χ1n) is 5.59. The predicted octanol–water partition coefficient (Wildman–Crippen LogP) is 1.36. The third-order valence-electron chi connectivity index (χ3n) is 2.61. The summed E-state index contributed by atoms with van der Waals surface area (Å²) in [6.45, 7) is 0. The molecule has 0 atom stereocenters. The van der Waals surface area contributed by atoms with Crippen LogP contribution in [0.1, 0.15) is 17.2 Å². The van der Waals surface area contributed by atoms with Crippen LogP contribution >= 0.6 is 0 Å². The van der Waals surface area contributed by atoms with Gasteiger partial charge in [-0.1, -0.05) is 24.3 Å². The molecule has 3 N–H and O–H groups in total. The Hall–Kier alpha value is -1.09. The van der Waals surface area contributed by atoms with Crippen molar-refractivity contribution in [2.45, 2.75) is 6.10 Å². The van der Waals surface area contributed by atoms with E-state index in [0.717, 1.165) is 0 Å². The number of benzene rings is 2. The van der Waals surface area contributed by atoms with Crippen molar-refractivity contribution in [3.05, 3.63) is 59.7 Å². The van der Waals surface area contributed by atoms with E-state index >= 15 is 0 Å². The number of hydrogen-bond acceptors (Lipinski definition) is 5. The summed E-state index contributed by atoms with van der Waals surface area (Å²) >= 11 is 0. The van der Waals surface area contributed by atoms with Crippen molar-refractivity contribution < 1.29 is 27.4 Å². The van der Waals surface area contributed by atoms with Gasteiger partial charge in [-0.15, -0.1) is 0 Å². The van der Waals surface area contributed by atoms with Gasteiger partial charge in [0, 0.05) is 0 Å². The molecule has 2 aromatic rings. The number of phenols is 2. The first-order valence-corrected chi connectivity index (χ1v) is 6.95. The van der Waals surface area contributed by atoms with Crippen LogP contribution in [0, 0.1) is 0 Å². The Kier molecular flexibility index (Phi) is 6.21. The molecule has 0 spiro atoms. The Balaban J connectivity index is 0.00000220. The summed E-state index contributed by atoms with van der Waals surface area (Å²) < 4.78 is 35.4. The van der Waals surface area contributed by atoms with Gasteiger partial charge >= 0.3 is 40.0 Å². The van der Waals surface area contributed by atoms with Crippen molar-refractivity contribution in [1.29, 1.82) is 0 Å². The Bertz CT molecular complexity index is 636. The summed E-state index contributed by atoms with van der Waals surface area (Å²) in [6.07, 6.45) is -1.08. The molecule has 0 heterocycles. The SMILES string of the molecule is O=S(=O)(O)OC(c1ccc(O)cc1)c1ccc(O)cc1.[NaH]. The van der Waals surface area contributed by atoms with Crippen LogP contribution in [-0.2, 0) is 14.6 Å². The summed E-state index contributed by atoms with van der Waals surface area (Å²) in [7, 11) is -4.66. The van der Waals surface area contributed by atoms with Gasteiger partial charge in [-0.25, -0.2) is 4.18 Å². The zero-order valence-electron chi connectivity index (χ0n) is 10.2. The van der Waals surface area contributed by atoms with Crippen molar-refractivity contribution >= 4 is 40.0 Å². The standard InChI is InChI=1S/C13H12O6S.Na.H/c14-11-5-1-9(2-6-11)13(19-20(16,17)18)10-3-7-12(15)8-4-10;;/h1-8,13-15H,(H,16,17,18);;. The van der Waals surface area contributed by atoms with Gasteiger partial charge in [-0.05, 0) is 35.4 Å². The molecule has 0 aromatic heterocycles. The van der Waals surface area contributed by atoms with Crippen LogP contribution in [0.15, 0.2) is 48.5 Å². The molecule has 2 aromatic carbocycles. The maximum atomic E-state index is 11.0. The van der Waals surface area contributed by atoms with Gasteiger partial charge < -0.3 is 10.2 Å². The second kappa shape index (κ2) is 7.26. The van der Waals surface area contributed by atoms with Gasteiger partial charge in [-0.2, -0.15) is 8.42 Å². The number of phenolic OH excluding ortho intramolecular Hbond substituents is 2. The summed E-state index contributed by atoms with van der Waals surface area (Å²) in [4.78, 5) is 0. The number of aromatic hydroxyl groups is 2. The molecule has 21 heavy (non-hydrogen) atoms. The molecular formula is C13H13NaO6S. The van der Waals surface area contributed by atoms with Crippen LogP contribution in [0.5, 0.6) is 11.5 Å². The molecular weight excluding hydrogens is 307 g/mol. The topological polar surface area (TPSA) is 104 Å². The van der Waals surface area contributed by atoms with E-state index < -0.39 is 16.5 Å². The molecule has 0 aliphatic heterocycles. The average molecular weight is 320 g/mol. The van der Waals surface area contributed by atoms with Crippen LogP contribution in [0.25, 0.3) is 0 Å². The van der Waals surface area contributed by atoms with E-state index in [4.69, 9.17) is 4.55 Å². The monoisotopic (exact) mass is 320 g/mol. The normalized spacial score (nSPS) is 11.1. The predicted molar refractivity (Wildman–Crippen MR) is 77.8 cm³/mol. The molecule has 0 unspecified atom stereocenters. The summed E-state index contributed by atoms with van der Waals surface area (Å²) in [5.74, 6) is 0.0372. The Morgan fingerprint density at radius 1 is 0.810 bits per heavy atom. The second-order valence-corrected chi connectivity index (χ2v) is 5.13. The third-order valence-corrected chi connectivity index (χ3v) is 3.05. The van der Waals surface area contributed by atoms with Gasteiger partial charge in [0.25, 0.3) is 0 Å². The van der Waals surface area contributed by atoms with Crippen molar-refractivity contribution in [3.8, 4) is 11.5 Å². The molecule has 0 saturated carbocycles. The van der Waals surface area contributed by atoms with E-state index in [1.807, 2.05) is 0 Å². The van der Waals surface area contributed by atoms with E-state index in [0.29, 0.717) is 11.1 Å². The third kappa shape index (κ3) is 5.31. The van der Waals surface area contributed by atoms with Crippen molar-refractivity contribution in [2.24, 2.45) is 0 Å². The molecule has 108 valence electrons. The molecule has 0 aliphatic rings. The summed E-state index contributed by atoms with van der Waals surface area (Å²) in [5, 5.41) is 18.5. The van der Waals surface area contributed by atoms with E-state index in [1.165, 1.54) is 48.5 Å². The van der Waals surface area contributed by atoms with Gasteiger partial charge in [-0.3, -0.25) is 4.55 Å². The average Bonchev–Trinajstić information content (AvgIpc) is 2.37. The molecule has 0 amide bonds. The van der Waals surface area contributed by atoms with Crippen LogP contribution in [0.4, 0.5) is 0 Å². The van der Waals surface area contributed by atoms with Crippen molar-refractivity contribution in [3.63, 3.8) is 0 Å². The Labute approximate surface area is 144 Å². The molecule has 0 aliphatic carbocycles. The first kappa shape index (κ1) is 18.0. The molecule has 8 heteroatoms. The van der Waals surface area contributed by atoms with Gasteiger partial charge in [0.05, 0.1) is 0 Å². The summed E-state index contributed by atoms with van der Waals surface area (Å²) in [6, 6.07) is 11.4. The van der Waals surface area contributed by atoms with Crippen molar-refractivity contribution in [1.82, 2.24) is 0 Å². The second-order valence-electron chi connectivity index (χ2n) is 4.09. The zero-order chi connectivity index (χ0) is 14.8. The number of hydrogen-bond donors (Lipinski definition) is 3. The quantitative estimate of drug-likeness (QED) is 0.580. The fourth-order valence-electron chi connectivity index (χ4n) is 1.72. The van der Waals surface area contributed by atoms with Crippen LogP contribution in [0.3, 0.4) is 0 Å². The van der Waals surface area contributed by atoms with Crippen molar-refractivity contribution in [2.75, 3.05) is 0 Å². The van der Waals surface area contributed by atoms with Gasteiger partial charge in [0.1, 0.15) is 17.6 Å². The van der Waals surface area contributed by atoms with E-state index in [2.05, 4.69) is 4.18 Å². The molecule has 0 saturated heterocycles. The summed E-state index contributed by atoms with van der Waals surface area (Å²) in [5.41, 5.74) is 0.845. The van der Waals surface area contributed by atoms with Crippen LogP contribution in [0.2, 0.25) is 0 Å². The van der Waals surface area contributed by atoms with E-state index in [9.17, 15) is 18.6 Å². The van der Waals surface area contributed by atoms with E-state index in [1.54, 1.807) is 0 Å². The Morgan fingerprint density at radius 3 is 1.43 bits per heavy atom. The zero-order valence-corrected chi connectivity index (χ0v) is 11.0.